The number of aromatic hydroxyl groups is 1. The van der Waals surface area contributed by atoms with Gasteiger partial charge in [-0.05, 0) is 29.8 Å². The summed E-state index contributed by atoms with van der Waals surface area (Å²) in [6, 6.07) is 11.4. The third-order valence-corrected chi connectivity index (χ3v) is 6.08. The molecule has 9 heteroatoms. The van der Waals surface area contributed by atoms with Crippen LogP contribution in [-0.4, -0.2) is 58.0 Å². The van der Waals surface area contributed by atoms with Gasteiger partial charge >= 0.3 is 0 Å². The van der Waals surface area contributed by atoms with Crippen LogP contribution in [-0.2, 0) is 4.74 Å². The zero-order chi connectivity index (χ0) is 19.8. The first kappa shape index (κ1) is 18.2. The van der Waals surface area contributed by atoms with Crippen LogP contribution in [0.25, 0.3) is 16.5 Å². The standard InChI is InChI=1S/C20H20N4O4S/c1-26-14-5-2-4-13(12-14)16(23-7-10-27-11-8-23)17-19(25)24-20(29-17)21-18(22-24)15-6-3-9-28-15/h2-6,9,12,16,25H,7-8,10-11H2,1H3. The molecule has 0 spiro atoms. The molecule has 0 amide bonds. The van der Waals surface area contributed by atoms with E-state index in [-0.39, 0.29) is 11.9 Å². The normalized spacial score (nSPS) is 16.3. The number of ether oxygens (including phenoxy) is 2. The molecule has 1 unspecified atom stereocenters. The molecule has 4 aromatic rings. The number of rotatable bonds is 5. The highest BCUT2D eigenvalue weighted by Crippen LogP contribution is 2.41. The van der Waals surface area contributed by atoms with Gasteiger partial charge in [0.15, 0.2) is 5.76 Å². The molecule has 0 bridgehead atoms. The molecule has 1 aromatic carbocycles. The highest BCUT2D eigenvalue weighted by atomic mass is 32.1. The molecular formula is C20H20N4O4S. The van der Waals surface area contributed by atoms with Gasteiger partial charge in [0, 0.05) is 13.1 Å². The predicted molar refractivity (Wildman–Crippen MR) is 107 cm³/mol. The quantitative estimate of drug-likeness (QED) is 0.539. The Morgan fingerprint density at radius 2 is 2.07 bits per heavy atom. The second kappa shape index (κ2) is 7.51. The van der Waals surface area contributed by atoms with Gasteiger partial charge in [-0.3, -0.25) is 4.90 Å². The van der Waals surface area contributed by atoms with E-state index < -0.39 is 0 Å². The Bertz CT molecular complexity index is 1120. The molecule has 5 rings (SSSR count). The summed E-state index contributed by atoms with van der Waals surface area (Å²) in [7, 11) is 1.65. The van der Waals surface area contributed by atoms with E-state index in [1.165, 1.54) is 15.9 Å². The molecule has 3 aromatic heterocycles. The Morgan fingerprint density at radius 3 is 2.79 bits per heavy atom. The van der Waals surface area contributed by atoms with Crippen molar-refractivity contribution in [1.82, 2.24) is 19.5 Å². The summed E-state index contributed by atoms with van der Waals surface area (Å²) < 4.78 is 17.8. The summed E-state index contributed by atoms with van der Waals surface area (Å²) in [5, 5.41) is 15.5. The number of thiazole rings is 1. The van der Waals surface area contributed by atoms with Crippen LogP contribution in [0.4, 0.5) is 0 Å². The van der Waals surface area contributed by atoms with Gasteiger partial charge in [0.25, 0.3) is 0 Å². The van der Waals surface area contributed by atoms with Crippen molar-refractivity contribution in [3.8, 4) is 23.2 Å². The van der Waals surface area contributed by atoms with Crippen LogP contribution in [0, 0.1) is 0 Å². The monoisotopic (exact) mass is 412 g/mol. The summed E-state index contributed by atoms with van der Waals surface area (Å²) in [6.45, 7) is 2.86. The second-order valence-corrected chi connectivity index (χ2v) is 7.73. The molecule has 1 saturated heterocycles. The Morgan fingerprint density at radius 1 is 1.21 bits per heavy atom. The summed E-state index contributed by atoms with van der Waals surface area (Å²) >= 11 is 1.43. The molecule has 1 N–H and O–H groups in total. The zero-order valence-electron chi connectivity index (χ0n) is 15.8. The van der Waals surface area contributed by atoms with Gasteiger partial charge in [-0.25, -0.2) is 0 Å². The van der Waals surface area contributed by atoms with Gasteiger partial charge in [-0.1, -0.05) is 23.5 Å². The van der Waals surface area contributed by atoms with Gasteiger partial charge in [-0.15, -0.1) is 5.10 Å². The van der Waals surface area contributed by atoms with Crippen LogP contribution in [0.15, 0.2) is 47.1 Å². The van der Waals surface area contributed by atoms with Crippen LogP contribution >= 0.6 is 11.3 Å². The van der Waals surface area contributed by atoms with Gasteiger partial charge in [-0.2, -0.15) is 9.50 Å². The van der Waals surface area contributed by atoms with E-state index in [9.17, 15) is 5.11 Å². The Kier molecular flexibility index (Phi) is 4.70. The van der Waals surface area contributed by atoms with E-state index in [0.717, 1.165) is 29.3 Å². The fourth-order valence-corrected chi connectivity index (χ4v) is 4.73. The number of methoxy groups -OCH3 is 1. The Balaban J connectivity index is 1.60. The van der Waals surface area contributed by atoms with E-state index in [4.69, 9.17) is 13.9 Å². The van der Waals surface area contributed by atoms with E-state index in [1.54, 1.807) is 25.5 Å². The van der Waals surface area contributed by atoms with Crippen molar-refractivity contribution in [2.24, 2.45) is 0 Å². The average Bonchev–Trinajstić information content (AvgIpc) is 3.48. The van der Waals surface area contributed by atoms with Crippen molar-refractivity contribution in [3.05, 3.63) is 53.1 Å². The molecule has 1 aliphatic rings. The smallest absolute Gasteiger partial charge is 0.230 e. The maximum atomic E-state index is 11.0. The highest BCUT2D eigenvalue weighted by Gasteiger charge is 2.31. The number of nitrogens with zero attached hydrogens (tertiary/aromatic N) is 4. The lowest BCUT2D eigenvalue weighted by Gasteiger charge is -2.34. The number of hydrogen-bond acceptors (Lipinski definition) is 8. The number of furan rings is 1. The van der Waals surface area contributed by atoms with Crippen LogP contribution in [0.1, 0.15) is 16.5 Å². The average molecular weight is 412 g/mol. The van der Waals surface area contributed by atoms with E-state index in [0.29, 0.717) is 29.8 Å². The molecule has 0 aliphatic carbocycles. The van der Waals surface area contributed by atoms with Crippen molar-refractivity contribution in [1.29, 1.82) is 0 Å². The maximum absolute atomic E-state index is 11.0. The molecule has 29 heavy (non-hydrogen) atoms. The Hall–Kier alpha value is -2.88. The summed E-state index contributed by atoms with van der Waals surface area (Å²) in [5.74, 6) is 1.89. The van der Waals surface area contributed by atoms with Crippen LogP contribution in [0.2, 0.25) is 0 Å². The fraction of sp³-hybridized carbons (Fsp3) is 0.300. The first-order chi connectivity index (χ1) is 14.2. The van der Waals surface area contributed by atoms with Gasteiger partial charge < -0.3 is 19.0 Å². The molecule has 1 fully saturated rings. The van der Waals surface area contributed by atoms with Crippen molar-refractivity contribution < 1.29 is 19.0 Å². The van der Waals surface area contributed by atoms with Gasteiger partial charge in [0.2, 0.25) is 16.7 Å². The summed E-state index contributed by atoms with van der Waals surface area (Å²) in [5.41, 5.74) is 1.04. The third kappa shape index (κ3) is 3.27. The van der Waals surface area contributed by atoms with Crippen LogP contribution in [0.5, 0.6) is 11.6 Å². The minimum Gasteiger partial charge on any atom is -0.497 e. The minimum atomic E-state index is -0.144. The molecule has 150 valence electrons. The zero-order valence-corrected chi connectivity index (χ0v) is 16.6. The Labute approximate surface area is 170 Å². The molecule has 0 radical (unpaired) electrons. The fourth-order valence-electron chi connectivity index (χ4n) is 3.61. The van der Waals surface area contributed by atoms with Crippen molar-refractivity contribution in [2.75, 3.05) is 33.4 Å². The molecule has 8 nitrogen and oxygen atoms in total. The predicted octanol–water partition coefficient (Wildman–Crippen LogP) is 3.19. The lowest BCUT2D eigenvalue weighted by molar-refractivity contribution is 0.0241. The number of hydrogen-bond donors (Lipinski definition) is 1. The first-order valence-corrected chi connectivity index (χ1v) is 10.1. The summed E-state index contributed by atoms with van der Waals surface area (Å²) in [4.78, 5) is 8.25. The third-order valence-electron chi connectivity index (χ3n) is 5.01. The molecular weight excluding hydrogens is 392 g/mol. The number of benzene rings is 1. The van der Waals surface area contributed by atoms with Crippen molar-refractivity contribution in [3.63, 3.8) is 0 Å². The van der Waals surface area contributed by atoms with Gasteiger partial charge in [0.05, 0.1) is 37.5 Å². The maximum Gasteiger partial charge on any atom is 0.230 e. The lowest BCUT2D eigenvalue weighted by atomic mass is 10.0. The molecule has 1 atom stereocenters. The van der Waals surface area contributed by atoms with Crippen molar-refractivity contribution >= 4 is 16.3 Å². The van der Waals surface area contributed by atoms with E-state index in [1.807, 2.05) is 24.3 Å². The van der Waals surface area contributed by atoms with E-state index >= 15 is 0 Å². The number of aromatic nitrogens is 3. The van der Waals surface area contributed by atoms with Crippen molar-refractivity contribution in [2.45, 2.75) is 6.04 Å². The topological polar surface area (TPSA) is 85.3 Å². The largest absolute Gasteiger partial charge is 0.497 e. The molecule has 1 aliphatic heterocycles. The molecule has 4 heterocycles. The summed E-state index contributed by atoms with van der Waals surface area (Å²) in [6.07, 6.45) is 1.58. The van der Waals surface area contributed by atoms with Crippen LogP contribution in [0.3, 0.4) is 0 Å². The lowest BCUT2D eigenvalue weighted by Crippen LogP contribution is -2.39. The number of fused-ring (bicyclic) bond motifs is 1. The second-order valence-electron chi connectivity index (χ2n) is 6.72. The molecule has 0 saturated carbocycles. The highest BCUT2D eigenvalue weighted by molar-refractivity contribution is 7.17. The SMILES string of the molecule is COc1cccc(C(c2sc3nc(-c4ccco4)nn3c2O)N2CCOCC2)c1. The van der Waals surface area contributed by atoms with Gasteiger partial charge in [0.1, 0.15) is 5.75 Å². The number of morpholine rings is 1. The van der Waals surface area contributed by atoms with E-state index in [2.05, 4.69) is 15.0 Å². The minimum absolute atomic E-state index is 0.0922. The van der Waals surface area contributed by atoms with Crippen LogP contribution < -0.4 is 4.74 Å². The first-order valence-electron chi connectivity index (χ1n) is 9.32.